The first kappa shape index (κ1) is 33.1. The highest BCUT2D eigenvalue weighted by Gasteiger charge is 2.38. The Labute approximate surface area is 242 Å². The summed E-state index contributed by atoms with van der Waals surface area (Å²) < 4.78 is 0. The molecule has 220 valence electrons. The van der Waals surface area contributed by atoms with Gasteiger partial charge in [0.1, 0.15) is 0 Å². The number of carbonyl (C=O) groups excluding carboxylic acids is 3. The third kappa shape index (κ3) is 9.50. The van der Waals surface area contributed by atoms with Crippen molar-refractivity contribution in [3.63, 3.8) is 0 Å². The minimum absolute atomic E-state index is 0.0996. The van der Waals surface area contributed by atoms with Crippen LogP contribution < -0.4 is 0 Å². The van der Waals surface area contributed by atoms with E-state index < -0.39 is 0 Å². The Morgan fingerprint density at radius 1 is 0.650 bits per heavy atom. The van der Waals surface area contributed by atoms with Crippen LogP contribution in [0.3, 0.4) is 0 Å². The molecule has 0 radical (unpaired) electrons. The SMILES string of the molecule is CCN(CC)C(=O)CC1(CC(=O)N(CC)CC)CCCCC1.CN(C)C(=O)C(c1ccccc1)c1ccccc1. The van der Waals surface area contributed by atoms with Crippen molar-refractivity contribution in [2.45, 2.75) is 78.6 Å². The molecule has 1 aliphatic rings. The lowest BCUT2D eigenvalue weighted by atomic mass is 9.69. The van der Waals surface area contributed by atoms with Crippen molar-refractivity contribution in [3.05, 3.63) is 71.8 Å². The lowest BCUT2D eigenvalue weighted by Gasteiger charge is -2.39. The van der Waals surface area contributed by atoms with Gasteiger partial charge in [-0.15, -0.1) is 0 Å². The number of rotatable bonds is 11. The zero-order chi connectivity index (χ0) is 29.5. The Balaban J connectivity index is 0.000000285. The second-order valence-corrected chi connectivity index (χ2v) is 11.0. The second kappa shape index (κ2) is 16.8. The molecule has 6 nitrogen and oxygen atoms in total. The molecule has 40 heavy (non-hydrogen) atoms. The van der Waals surface area contributed by atoms with Crippen LogP contribution >= 0.6 is 0 Å². The van der Waals surface area contributed by atoms with Crippen LogP contribution in [0.25, 0.3) is 0 Å². The molecule has 2 aromatic carbocycles. The minimum atomic E-state index is -0.220. The van der Waals surface area contributed by atoms with Crippen molar-refractivity contribution in [3.8, 4) is 0 Å². The largest absolute Gasteiger partial charge is 0.348 e. The third-order valence-electron chi connectivity index (χ3n) is 8.15. The van der Waals surface area contributed by atoms with E-state index in [9.17, 15) is 14.4 Å². The summed E-state index contributed by atoms with van der Waals surface area (Å²) >= 11 is 0. The van der Waals surface area contributed by atoms with Gasteiger partial charge < -0.3 is 14.7 Å². The highest BCUT2D eigenvalue weighted by atomic mass is 16.2. The number of carbonyl (C=O) groups is 3. The molecule has 1 aliphatic carbocycles. The van der Waals surface area contributed by atoms with E-state index in [1.165, 1.54) is 6.42 Å². The Kier molecular flexibility index (Phi) is 13.9. The van der Waals surface area contributed by atoms with Crippen molar-refractivity contribution in [2.24, 2.45) is 5.41 Å². The maximum Gasteiger partial charge on any atom is 0.234 e. The summed E-state index contributed by atoms with van der Waals surface area (Å²) in [5.74, 6) is 0.327. The first-order valence-corrected chi connectivity index (χ1v) is 15.1. The van der Waals surface area contributed by atoms with Gasteiger partial charge in [-0.1, -0.05) is 79.9 Å². The first-order chi connectivity index (χ1) is 19.2. The molecule has 0 aliphatic heterocycles. The maximum atomic E-state index is 12.6. The Morgan fingerprint density at radius 3 is 1.35 bits per heavy atom. The molecule has 0 heterocycles. The second-order valence-electron chi connectivity index (χ2n) is 11.0. The number of benzene rings is 2. The normalized spacial score (nSPS) is 14.1. The fourth-order valence-corrected chi connectivity index (χ4v) is 5.76. The molecule has 3 rings (SSSR count). The zero-order valence-corrected chi connectivity index (χ0v) is 25.7. The number of hydrogen-bond donors (Lipinski definition) is 0. The third-order valence-corrected chi connectivity index (χ3v) is 8.15. The molecule has 0 bridgehead atoms. The summed E-state index contributed by atoms with van der Waals surface area (Å²) in [6, 6.07) is 19.8. The monoisotopic (exact) mass is 549 g/mol. The van der Waals surface area contributed by atoms with Gasteiger partial charge in [0.2, 0.25) is 17.7 Å². The fraction of sp³-hybridized carbons (Fsp3) is 0.559. The molecule has 0 N–H and O–H groups in total. The van der Waals surface area contributed by atoms with Crippen molar-refractivity contribution in [1.82, 2.24) is 14.7 Å². The van der Waals surface area contributed by atoms with Crippen molar-refractivity contribution in [1.29, 1.82) is 0 Å². The lowest BCUT2D eigenvalue weighted by molar-refractivity contribution is -0.138. The number of nitrogens with zero attached hydrogens (tertiary/aromatic N) is 3. The molecule has 2 aromatic rings. The first-order valence-electron chi connectivity index (χ1n) is 15.1. The van der Waals surface area contributed by atoms with E-state index in [1.807, 2.05) is 98.2 Å². The van der Waals surface area contributed by atoms with E-state index in [1.54, 1.807) is 19.0 Å². The van der Waals surface area contributed by atoms with E-state index in [2.05, 4.69) is 0 Å². The zero-order valence-electron chi connectivity index (χ0n) is 25.7. The molecule has 0 spiro atoms. The minimum Gasteiger partial charge on any atom is -0.348 e. The Bertz CT molecular complexity index is 957. The molecule has 1 saturated carbocycles. The van der Waals surface area contributed by atoms with Gasteiger partial charge in [-0.2, -0.15) is 0 Å². The average molecular weight is 550 g/mol. The molecule has 6 heteroatoms. The van der Waals surface area contributed by atoms with Crippen LogP contribution in [0, 0.1) is 5.41 Å². The van der Waals surface area contributed by atoms with Gasteiger partial charge in [0.15, 0.2) is 0 Å². The highest BCUT2D eigenvalue weighted by Crippen LogP contribution is 2.43. The quantitative estimate of drug-likeness (QED) is 0.328. The van der Waals surface area contributed by atoms with E-state index >= 15 is 0 Å². The molecular formula is C34H51N3O3. The smallest absolute Gasteiger partial charge is 0.234 e. The van der Waals surface area contributed by atoms with Gasteiger partial charge in [-0.25, -0.2) is 0 Å². The van der Waals surface area contributed by atoms with Crippen LogP contribution in [0.1, 0.15) is 89.7 Å². The average Bonchev–Trinajstić information content (AvgIpc) is 2.96. The molecule has 0 saturated heterocycles. The van der Waals surface area contributed by atoms with Gasteiger partial charge in [0.25, 0.3) is 0 Å². The summed E-state index contributed by atoms with van der Waals surface area (Å²) in [5, 5.41) is 0. The summed E-state index contributed by atoms with van der Waals surface area (Å²) in [5.41, 5.74) is 1.96. The number of likely N-dealkylation sites (N-methyl/N-ethyl adjacent to an activating group) is 1. The van der Waals surface area contributed by atoms with Crippen LogP contribution in [0.4, 0.5) is 0 Å². The van der Waals surface area contributed by atoms with Gasteiger partial charge in [-0.3, -0.25) is 14.4 Å². The van der Waals surface area contributed by atoms with Crippen LogP contribution in [0.15, 0.2) is 60.7 Å². The van der Waals surface area contributed by atoms with Crippen molar-refractivity contribution in [2.75, 3.05) is 40.3 Å². The van der Waals surface area contributed by atoms with E-state index in [-0.39, 0.29) is 29.1 Å². The summed E-state index contributed by atoms with van der Waals surface area (Å²) in [7, 11) is 3.59. The number of amides is 3. The summed E-state index contributed by atoms with van der Waals surface area (Å²) in [6.07, 6.45) is 6.66. The van der Waals surface area contributed by atoms with Crippen molar-refractivity contribution < 1.29 is 14.4 Å². The highest BCUT2D eigenvalue weighted by molar-refractivity contribution is 5.86. The van der Waals surface area contributed by atoms with Crippen LogP contribution in [-0.2, 0) is 14.4 Å². The van der Waals surface area contributed by atoms with E-state index in [0.29, 0.717) is 12.8 Å². The van der Waals surface area contributed by atoms with E-state index in [0.717, 1.165) is 63.0 Å². The molecule has 0 aromatic heterocycles. The molecule has 1 fully saturated rings. The molecule has 0 unspecified atom stereocenters. The van der Waals surface area contributed by atoms with Crippen molar-refractivity contribution >= 4 is 17.7 Å². The predicted molar refractivity (Wildman–Crippen MR) is 164 cm³/mol. The van der Waals surface area contributed by atoms with E-state index in [4.69, 9.17) is 0 Å². The van der Waals surface area contributed by atoms with Crippen LogP contribution in [0.2, 0.25) is 0 Å². The lowest BCUT2D eigenvalue weighted by Crippen LogP contribution is -2.41. The maximum absolute atomic E-state index is 12.6. The molecule has 0 atom stereocenters. The summed E-state index contributed by atoms with van der Waals surface area (Å²) in [6.45, 7) is 11.1. The summed E-state index contributed by atoms with van der Waals surface area (Å²) in [4.78, 5) is 43.0. The van der Waals surface area contributed by atoms with Gasteiger partial charge in [0.05, 0.1) is 5.92 Å². The van der Waals surface area contributed by atoms with Gasteiger partial charge in [0, 0.05) is 53.1 Å². The predicted octanol–water partition coefficient (Wildman–Crippen LogP) is 6.36. The van der Waals surface area contributed by atoms with Crippen LogP contribution in [-0.4, -0.2) is 72.7 Å². The molecule has 3 amide bonds. The van der Waals surface area contributed by atoms with Gasteiger partial charge >= 0.3 is 0 Å². The Hall–Kier alpha value is -3.15. The molecular weight excluding hydrogens is 498 g/mol. The standard InChI is InChI=1S/C18H34N2O2.C16H17NO/c1-5-19(6-2)16(21)14-18(12-10-9-11-13-18)15-17(22)20(7-3)8-4;1-17(2)16(18)15(13-9-5-3-6-10-13)14-11-7-4-8-12-14/h5-15H2,1-4H3;3-12,15H,1-2H3. The fourth-order valence-electron chi connectivity index (χ4n) is 5.76. The van der Waals surface area contributed by atoms with Gasteiger partial charge in [-0.05, 0) is 57.1 Å². The number of hydrogen-bond acceptors (Lipinski definition) is 3. The van der Waals surface area contributed by atoms with Crippen LogP contribution in [0.5, 0.6) is 0 Å². The topological polar surface area (TPSA) is 60.9 Å². The Morgan fingerprint density at radius 2 is 1.02 bits per heavy atom.